The van der Waals surface area contributed by atoms with Crippen molar-refractivity contribution < 1.29 is 9.53 Å². The van der Waals surface area contributed by atoms with Gasteiger partial charge in [0.1, 0.15) is 0 Å². The Morgan fingerprint density at radius 2 is 1.90 bits per heavy atom. The van der Waals surface area contributed by atoms with Crippen molar-refractivity contribution in [1.82, 2.24) is 5.32 Å². The van der Waals surface area contributed by atoms with Gasteiger partial charge in [-0.3, -0.25) is 0 Å². The van der Waals surface area contributed by atoms with Crippen LogP contribution in [0, 0.1) is 0 Å². The van der Waals surface area contributed by atoms with Crippen molar-refractivity contribution in [1.29, 1.82) is 0 Å². The highest BCUT2D eigenvalue weighted by Gasteiger charge is 2.05. The van der Waals surface area contributed by atoms with E-state index in [1.165, 1.54) is 0 Å². The zero-order valence-corrected chi connectivity index (χ0v) is 12.5. The van der Waals surface area contributed by atoms with Crippen LogP contribution >= 0.6 is 11.6 Å². The minimum absolute atomic E-state index is 0.274. The predicted octanol–water partition coefficient (Wildman–Crippen LogP) is 3.81. The highest BCUT2D eigenvalue weighted by atomic mass is 35.5. The Labute approximate surface area is 129 Å². The minimum Gasteiger partial charge on any atom is -0.380 e. The summed E-state index contributed by atoms with van der Waals surface area (Å²) >= 11 is 5.87. The first-order valence-electron chi connectivity index (χ1n) is 6.55. The van der Waals surface area contributed by atoms with E-state index in [1.807, 2.05) is 24.3 Å². The van der Waals surface area contributed by atoms with Gasteiger partial charge in [0.05, 0.1) is 6.61 Å². The second-order valence-electron chi connectivity index (χ2n) is 4.52. The fourth-order valence-corrected chi connectivity index (χ4v) is 2.13. The molecule has 4 nitrogen and oxygen atoms in total. The number of ether oxygens (including phenoxy) is 1. The summed E-state index contributed by atoms with van der Waals surface area (Å²) in [7, 11) is 1.65. The number of rotatable bonds is 5. The number of amides is 2. The largest absolute Gasteiger partial charge is 0.380 e. The van der Waals surface area contributed by atoms with Gasteiger partial charge in [0.2, 0.25) is 0 Å². The van der Waals surface area contributed by atoms with E-state index in [-0.39, 0.29) is 6.03 Å². The van der Waals surface area contributed by atoms with Crippen LogP contribution in [0.25, 0.3) is 0 Å². The quantitative estimate of drug-likeness (QED) is 0.882. The molecule has 0 spiro atoms. The smallest absolute Gasteiger partial charge is 0.319 e. The van der Waals surface area contributed by atoms with Crippen LogP contribution in [-0.4, -0.2) is 13.1 Å². The molecule has 2 aromatic rings. The molecule has 0 aromatic heterocycles. The summed E-state index contributed by atoms with van der Waals surface area (Å²) in [5, 5.41) is 6.14. The summed E-state index contributed by atoms with van der Waals surface area (Å²) in [4.78, 5) is 11.9. The topological polar surface area (TPSA) is 50.4 Å². The van der Waals surface area contributed by atoms with E-state index in [2.05, 4.69) is 10.6 Å². The second kappa shape index (κ2) is 7.67. The highest BCUT2D eigenvalue weighted by Crippen LogP contribution is 2.15. The van der Waals surface area contributed by atoms with E-state index in [9.17, 15) is 4.79 Å². The van der Waals surface area contributed by atoms with Crippen LogP contribution in [0.5, 0.6) is 0 Å². The molecule has 0 aliphatic rings. The summed E-state index contributed by atoms with van der Waals surface area (Å²) in [5.74, 6) is 0. The lowest BCUT2D eigenvalue weighted by Gasteiger charge is -2.11. The normalized spacial score (nSPS) is 10.2. The van der Waals surface area contributed by atoms with Gasteiger partial charge in [0.25, 0.3) is 0 Å². The Kier molecular flexibility index (Phi) is 5.60. The number of carbonyl (C=O) groups is 1. The van der Waals surface area contributed by atoms with Crippen molar-refractivity contribution in [2.45, 2.75) is 13.2 Å². The Morgan fingerprint density at radius 3 is 2.62 bits per heavy atom. The Morgan fingerprint density at radius 1 is 1.14 bits per heavy atom. The molecule has 0 unspecified atom stereocenters. The van der Waals surface area contributed by atoms with E-state index < -0.39 is 0 Å². The molecule has 0 atom stereocenters. The summed E-state index contributed by atoms with van der Waals surface area (Å²) in [5.41, 5.74) is 2.74. The Hall–Kier alpha value is -2.04. The molecule has 0 aliphatic heterocycles. The summed E-state index contributed by atoms with van der Waals surface area (Å²) in [6, 6.07) is 14.6. The van der Waals surface area contributed by atoms with Crippen molar-refractivity contribution in [2.24, 2.45) is 0 Å². The van der Waals surface area contributed by atoms with Crippen LogP contribution in [0.2, 0.25) is 5.02 Å². The first kappa shape index (κ1) is 15.4. The van der Waals surface area contributed by atoms with Crippen LogP contribution in [0.1, 0.15) is 11.1 Å². The maximum atomic E-state index is 11.9. The number of hydrogen-bond acceptors (Lipinski definition) is 2. The fraction of sp³-hybridized carbons (Fsp3) is 0.188. The monoisotopic (exact) mass is 304 g/mol. The van der Waals surface area contributed by atoms with E-state index in [1.54, 1.807) is 31.4 Å². The summed E-state index contributed by atoms with van der Waals surface area (Å²) in [6.07, 6.45) is 0. The van der Waals surface area contributed by atoms with Gasteiger partial charge < -0.3 is 15.4 Å². The van der Waals surface area contributed by atoms with Gasteiger partial charge >= 0.3 is 6.03 Å². The first-order chi connectivity index (χ1) is 10.2. The molecule has 2 aromatic carbocycles. The minimum atomic E-state index is -0.274. The number of hydrogen-bond donors (Lipinski definition) is 2. The highest BCUT2D eigenvalue weighted by molar-refractivity contribution is 6.30. The third-order valence-corrected chi connectivity index (χ3v) is 3.18. The number of halogens is 1. The zero-order valence-electron chi connectivity index (χ0n) is 11.7. The van der Waals surface area contributed by atoms with Gasteiger partial charge in [-0.15, -0.1) is 0 Å². The van der Waals surface area contributed by atoms with E-state index >= 15 is 0 Å². The van der Waals surface area contributed by atoms with Gasteiger partial charge in [-0.2, -0.15) is 0 Å². The number of urea groups is 1. The van der Waals surface area contributed by atoms with Crippen molar-refractivity contribution >= 4 is 23.3 Å². The maximum absolute atomic E-state index is 11.9. The summed E-state index contributed by atoms with van der Waals surface area (Å²) < 4.78 is 5.14. The molecule has 2 N–H and O–H groups in total. The van der Waals surface area contributed by atoms with Gasteiger partial charge in [0.15, 0.2) is 0 Å². The van der Waals surface area contributed by atoms with Crippen LogP contribution in [0.15, 0.2) is 48.5 Å². The lowest BCUT2D eigenvalue weighted by Crippen LogP contribution is -2.28. The number of anilines is 1. The Bertz CT molecular complexity index is 617. The van der Waals surface area contributed by atoms with E-state index in [0.717, 1.165) is 11.1 Å². The van der Waals surface area contributed by atoms with Crippen molar-refractivity contribution in [3.63, 3.8) is 0 Å². The SMILES string of the molecule is COCc1ccccc1CNC(=O)Nc1cccc(Cl)c1. The van der Waals surface area contributed by atoms with E-state index in [0.29, 0.717) is 23.9 Å². The van der Waals surface area contributed by atoms with Gasteiger partial charge in [-0.05, 0) is 29.3 Å². The van der Waals surface area contributed by atoms with Gasteiger partial charge in [0, 0.05) is 24.4 Å². The predicted molar refractivity (Wildman–Crippen MR) is 84.5 cm³/mol. The molecule has 0 radical (unpaired) electrons. The lowest BCUT2D eigenvalue weighted by molar-refractivity contribution is 0.184. The average molecular weight is 305 g/mol. The van der Waals surface area contributed by atoms with Crippen molar-refractivity contribution in [2.75, 3.05) is 12.4 Å². The molecule has 0 fully saturated rings. The molecule has 0 heterocycles. The molecule has 0 saturated carbocycles. The molecule has 21 heavy (non-hydrogen) atoms. The van der Waals surface area contributed by atoms with Crippen molar-refractivity contribution in [3.8, 4) is 0 Å². The fourth-order valence-electron chi connectivity index (χ4n) is 1.94. The summed E-state index contributed by atoms with van der Waals surface area (Å²) in [6.45, 7) is 0.958. The Balaban J connectivity index is 1.92. The maximum Gasteiger partial charge on any atom is 0.319 e. The number of methoxy groups -OCH3 is 1. The van der Waals surface area contributed by atoms with Crippen molar-refractivity contribution in [3.05, 3.63) is 64.7 Å². The molecule has 2 rings (SSSR count). The average Bonchev–Trinajstić information content (AvgIpc) is 2.47. The van der Waals surface area contributed by atoms with Crippen LogP contribution in [-0.2, 0) is 17.9 Å². The lowest BCUT2D eigenvalue weighted by atomic mass is 10.1. The molecule has 0 saturated heterocycles. The third-order valence-electron chi connectivity index (χ3n) is 2.94. The molecule has 5 heteroatoms. The zero-order chi connectivity index (χ0) is 15.1. The number of carbonyl (C=O) groups excluding carboxylic acids is 1. The molecule has 2 amide bonds. The molecule has 0 bridgehead atoms. The molecular weight excluding hydrogens is 288 g/mol. The number of benzene rings is 2. The molecular formula is C16H17ClN2O2. The van der Waals surface area contributed by atoms with Gasteiger partial charge in [-0.1, -0.05) is 41.9 Å². The van der Waals surface area contributed by atoms with Crippen LogP contribution in [0.4, 0.5) is 10.5 Å². The van der Waals surface area contributed by atoms with Crippen LogP contribution in [0.3, 0.4) is 0 Å². The number of nitrogens with one attached hydrogen (secondary N) is 2. The first-order valence-corrected chi connectivity index (χ1v) is 6.93. The van der Waals surface area contributed by atoms with Crippen LogP contribution < -0.4 is 10.6 Å². The molecule has 110 valence electrons. The second-order valence-corrected chi connectivity index (χ2v) is 4.96. The third kappa shape index (κ3) is 4.77. The standard InChI is InChI=1S/C16H17ClN2O2/c1-21-11-13-6-3-2-5-12(13)10-18-16(20)19-15-8-4-7-14(17)9-15/h2-9H,10-11H2,1H3,(H2,18,19,20). The van der Waals surface area contributed by atoms with Gasteiger partial charge in [-0.25, -0.2) is 4.79 Å². The van der Waals surface area contributed by atoms with E-state index in [4.69, 9.17) is 16.3 Å². The molecule has 0 aliphatic carbocycles.